The highest BCUT2D eigenvalue weighted by molar-refractivity contribution is 8.13. The number of alkyl halides is 1. The second-order valence-corrected chi connectivity index (χ2v) is 4.90. The third kappa shape index (κ3) is 3.92. The molecule has 1 aromatic carbocycles. The van der Waals surface area contributed by atoms with E-state index in [2.05, 4.69) is 15.5 Å². The maximum atomic E-state index is 11.9. The molecule has 0 bridgehead atoms. The number of carbonyl (C=O) groups is 1. The van der Waals surface area contributed by atoms with E-state index < -0.39 is 6.67 Å². The molecule has 0 aliphatic carbocycles. The molecule has 0 fully saturated rings. The van der Waals surface area contributed by atoms with Crippen LogP contribution in [0.3, 0.4) is 0 Å². The number of benzene rings is 1. The Morgan fingerprint density at radius 1 is 1.25 bits per heavy atom. The van der Waals surface area contributed by atoms with Crippen molar-refractivity contribution in [2.75, 3.05) is 17.7 Å². The van der Waals surface area contributed by atoms with Gasteiger partial charge in [-0.2, -0.15) is 5.10 Å². The van der Waals surface area contributed by atoms with Gasteiger partial charge in [-0.15, -0.1) is 0 Å². The van der Waals surface area contributed by atoms with Gasteiger partial charge in [0.15, 0.2) is 0 Å². The lowest BCUT2D eigenvalue weighted by Crippen LogP contribution is -2.06. The Hall–Kier alpha value is -2.15. The number of hydrogen-bond acceptors (Lipinski definition) is 4. The Bertz CT molecular complexity index is 622. The topological polar surface area (TPSA) is 74.8 Å². The Balaban J connectivity index is 2.04. The van der Waals surface area contributed by atoms with Gasteiger partial charge in [0.1, 0.15) is 0 Å². The summed E-state index contributed by atoms with van der Waals surface area (Å²) in [7, 11) is 0. The smallest absolute Gasteiger partial charge is 0.283 e. The van der Waals surface area contributed by atoms with Crippen molar-refractivity contribution in [1.29, 1.82) is 0 Å². The first kappa shape index (κ1) is 14.3. The summed E-state index contributed by atoms with van der Waals surface area (Å²) in [6.07, 6.45) is 0. The number of aromatic nitrogens is 2. The molecular weight excluding hydrogens is 281 g/mol. The molecule has 2 aromatic rings. The number of rotatable bonds is 4. The van der Waals surface area contributed by atoms with Gasteiger partial charge in [0.2, 0.25) is 0 Å². The fourth-order valence-electron chi connectivity index (χ4n) is 1.51. The molecule has 5 nitrogen and oxygen atoms in total. The number of anilines is 1. The van der Waals surface area contributed by atoms with E-state index >= 15 is 0 Å². The first-order valence-corrected chi connectivity index (χ1v) is 6.83. The van der Waals surface area contributed by atoms with E-state index in [0.29, 0.717) is 11.4 Å². The van der Waals surface area contributed by atoms with Crippen molar-refractivity contribution in [3.05, 3.63) is 46.8 Å². The summed E-state index contributed by atoms with van der Waals surface area (Å²) in [4.78, 5) is 22.3. The molecule has 2 rings (SSSR count). The van der Waals surface area contributed by atoms with Crippen molar-refractivity contribution in [3.63, 3.8) is 0 Å². The molecule has 20 heavy (non-hydrogen) atoms. The number of hydrogen-bond donors (Lipinski definition) is 2. The minimum absolute atomic E-state index is 0.144. The summed E-state index contributed by atoms with van der Waals surface area (Å²) >= 11 is 0.896. The van der Waals surface area contributed by atoms with Gasteiger partial charge in [-0.1, -0.05) is 23.9 Å². The first-order valence-electron chi connectivity index (χ1n) is 5.85. The summed E-state index contributed by atoms with van der Waals surface area (Å²) < 4.78 is 11.9. The van der Waals surface area contributed by atoms with Crippen LogP contribution in [0, 0.1) is 0 Å². The minimum atomic E-state index is -0.533. The molecule has 7 heteroatoms. The molecule has 1 heterocycles. The molecule has 1 amide bonds. The highest BCUT2D eigenvalue weighted by Crippen LogP contribution is 2.19. The van der Waals surface area contributed by atoms with E-state index in [1.807, 2.05) is 0 Å². The number of carbonyl (C=O) groups excluding carboxylic acids is 1. The molecular formula is C13H12FN3O2S. The summed E-state index contributed by atoms with van der Waals surface area (Å²) in [5.74, 6) is 0.144. The summed E-state index contributed by atoms with van der Waals surface area (Å²) in [5, 5.41) is 8.61. The van der Waals surface area contributed by atoms with Crippen molar-refractivity contribution in [1.82, 2.24) is 10.2 Å². The second-order valence-electron chi connectivity index (χ2n) is 3.83. The predicted molar refractivity (Wildman–Crippen MR) is 77.7 cm³/mol. The van der Waals surface area contributed by atoms with Crippen LogP contribution in [0.15, 0.2) is 41.2 Å². The molecule has 2 N–H and O–H groups in total. The lowest BCUT2D eigenvalue weighted by atomic mass is 10.1. The molecule has 0 atom stereocenters. The van der Waals surface area contributed by atoms with E-state index in [-0.39, 0.29) is 16.6 Å². The Morgan fingerprint density at radius 3 is 2.60 bits per heavy atom. The second kappa shape index (κ2) is 6.85. The van der Waals surface area contributed by atoms with Crippen LogP contribution < -0.4 is 10.9 Å². The van der Waals surface area contributed by atoms with Crippen molar-refractivity contribution < 1.29 is 9.18 Å². The normalized spacial score (nSPS) is 10.2. The van der Waals surface area contributed by atoms with Gasteiger partial charge in [0.25, 0.3) is 10.8 Å². The standard InChI is InChI=1S/C13H12FN3O2S/c14-7-8-20-13(19)15-10-3-1-9(2-4-10)11-5-6-12(18)17-16-11/h1-6H,7-8H2,(H,15,19)(H,17,18). The minimum Gasteiger partial charge on any atom is -0.317 e. The van der Waals surface area contributed by atoms with Gasteiger partial charge >= 0.3 is 0 Å². The van der Waals surface area contributed by atoms with Crippen molar-refractivity contribution in [2.45, 2.75) is 0 Å². The number of thioether (sulfide) groups is 1. The van der Waals surface area contributed by atoms with Gasteiger partial charge in [0.05, 0.1) is 12.4 Å². The molecule has 0 unspecified atom stereocenters. The maximum absolute atomic E-state index is 11.9. The van der Waals surface area contributed by atoms with Gasteiger partial charge in [-0.05, 0) is 18.2 Å². The van der Waals surface area contributed by atoms with Crippen LogP contribution in [-0.2, 0) is 0 Å². The van der Waals surface area contributed by atoms with Gasteiger partial charge in [0, 0.05) is 23.1 Å². The largest absolute Gasteiger partial charge is 0.317 e. The lowest BCUT2D eigenvalue weighted by Gasteiger charge is -2.05. The van der Waals surface area contributed by atoms with Crippen LogP contribution >= 0.6 is 11.8 Å². The monoisotopic (exact) mass is 293 g/mol. The highest BCUT2D eigenvalue weighted by atomic mass is 32.2. The number of aromatic amines is 1. The summed E-state index contributed by atoms with van der Waals surface area (Å²) in [6.45, 7) is -0.533. The average molecular weight is 293 g/mol. The Kier molecular flexibility index (Phi) is 4.89. The number of nitrogens with zero attached hydrogens (tertiary/aromatic N) is 1. The fraction of sp³-hybridized carbons (Fsp3) is 0.154. The molecule has 0 spiro atoms. The average Bonchev–Trinajstić information content (AvgIpc) is 2.47. The number of halogens is 1. The fourth-order valence-corrected chi connectivity index (χ4v) is 1.97. The molecule has 104 valence electrons. The zero-order valence-electron chi connectivity index (χ0n) is 10.4. The van der Waals surface area contributed by atoms with Crippen molar-refractivity contribution in [2.24, 2.45) is 0 Å². The van der Waals surface area contributed by atoms with E-state index in [1.165, 1.54) is 6.07 Å². The molecule has 0 saturated carbocycles. The van der Waals surface area contributed by atoms with Crippen LogP contribution in [0.25, 0.3) is 11.3 Å². The van der Waals surface area contributed by atoms with Gasteiger partial charge < -0.3 is 5.32 Å². The zero-order chi connectivity index (χ0) is 14.4. The van der Waals surface area contributed by atoms with E-state index in [1.54, 1.807) is 30.3 Å². The van der Waals surface area contributed by atoms with Crippen LogP contribution in [-0.4, -0.2) is 27.9 Å². The molecule has 0 aliphatic heterocycles. The van der Waals surface area contributed by atoms with Crippen LogP contribution in [0.4, 0.5) is 14.9 Å². The molecule has 0 saturated heterocycles. The first-order chi connectivity index (χ1) is 9.69. The summed E-state index contributed by atoms with van der Waals surface area (Å²) in [5.41, 5.74) is 1.81. The van der Waals surface area contributed by atoms with Crippen molar-refractivity contribution in [3.8, 4) is 11.3 Å². The maximum Gasteiger partial charge on any atom is 0.283 e. The molecule has 1 aromatic heterocycles. The number of H-pyrrole nitrogens is 1. The van der Waals surface area contributed by atoms with E-state index in [4.69, 9.17) is 0 Å². The van der Waals surface area contributed by atoms with Crippen LogP contribution in [0.2, 0.25) is 0 Å². The third-order valence-corrected chi connectivity index (χ3v) is 3.14. The lowest BCUT2D eigenvalue weighted by molar-refractivity contribution is 0.269. The van der Waals surface area contributed by atoms with E-state index in [0.717, 1.165) is 17.3 Å². The SMILES string of the molecule is O=C(Nc1ccc(-c2ccc(=O)[nH]n2)cc1)SCCF. The van der Waals surface area contributed by atoms with Gasteiger partial charge in [-0.3, -0.25) is 14.0 Å². The van der Waals surface area contributed by atoms with Gasteiger partial charge in [-0.25, -0.2) is 5.10 Å². The number of nitrogens with one attached hydrogen (secondary N) is 2. The van der Waals surface area contributed by atoms with Crippen LogP contribution in [0.1, 0.15) is 0 Å². The summed E-state index contributed by atoms with van der Waals surface area (Å²) in [6, 6.07) is 9.99. The third-order valence-electron chi connectivity index (χ3n) is 2.42. The molecule has 0 radical (unpaired) electrons. The van der Waals surface area contributed by atoms with E-state index in [9.17, 15) is 14.0 Å². The Morgan fingerprint density at radius 2 is 2.00 bits per heavy atom. The zero-order valence-corrected chi connectivity index (χ0v) is 11.2. The quantitative estimate of drug-likeness (QED) is 0.908. The Labute approximate surface area is 118 Å². The van der Waals surface area contributed by atoms with Crippen molar-refractivity contribution >= 4 is 22.7 Å². The predicted octanol–water partition coefficient (Wildman–Crippen LogP) is 2.67. The molecule has 0 aliphatic rings. The van der Waals surface area contributed by atoms with Crippen LogP contribution in [0.5, 0.6) is 0 Å². The highest BCUT2D eigenvalue weighted by Gasteiger charge is 2.04. The number of amides is 1.